The quantitative estimate of drug-likeness (QED) is 0.366. The van der Waals surface area contributed by atoms with E-state index in [1.54, 1.807) is 5.38 Å². The topological polar surface area (TPSA) is 120 Å². The van der Waals surface area contributed by atoms with Gasteiger partial charge in [-0.1, -0.05) is 17.7 Å². The maximum Gasteiger partial charge on any atom is 0.270 e. The Morgan fingerprint density at radius 1 is 1.23 bits per heavy atom. The summed E-state index contributed by atoms with van der Waals surface area (Å²) in [4.78, 5) is 44.1. The zero-order valence-corrected chi connectivity index (χ0v) is 17.3. The number of non-ortho nitro benzene ring substituents is 1. The average Bonchev–Trinajstić information content (AvgIpc) is 3.18. The second-order valence-corrected chi connectivity index (χ2v) is 7.90. The third kappa shape index (κ3) is 4.64. The molecule has 0 aliphatic heterocycles. The number of nitro benzene ring substituents is 1. The summed E-state index contributed by atoms with van der Waals surface area (Å²) < 4.78 is 1.34. The average molecular weight is 435 g/mol. The lowest BCUT2D eigenvalue weighted by Crippen LogP contribution is -2.21. The molecule has 2 aromatic heterocycles. The number of thiazole rings is 1. The van der Waals surface area contributed by atoms with Crippen molar-refractivity contribution >= 4 is 39.5 Å². The smallest absolute Gasteiger partial charge is 0.270 e. The minimum Gasteiger partial charge on any atom is -0.326 e. The van der Waals surface area contributed by atoms with E-state index in [-0.39, 0.29) is 35.5 Å². The molecule has 0 aliphatic carbocycles. The molecule has 9 nitrogen and oxygen atoms in total. The fourth-order valence-electron chi connectivity index (χ4n) is 3.03. The molecule has 0 spiro atoms. The van der Waals surface area contributed by atoms with Gasteiger partial charge in [0.05, 0.1) is 40.8 Å². The summed E-state index contributed by atoms with van der Waals surface area (Å²) >= 11 is 1.33. The van der Waals surface area contributed by atoms with Crippen LogP contribution in [0.15, 0.2) is 59.0 Å². The summed E-state index contributed by atoms with van der Waals surface area (Å²) in [5.41, 5.74) is 2.27. The van der Waals surface area contributed by atoms with Crippen molar-refractivity contribution in [3.05, 3.63) is 90.9 Å². The number of hydrogen-bond donors (Lipinski definition) is 1. The van der Waals surface area contributed by atoms with Crippen molar-refractivity contribution in [3.8, 4) is 0 Å². The molecule has 2 aromatic carbocycles. The maximum absolute atomic E-state index is 12.7. The molecule has 0 radical (unpaired) electrons. The van der Waals surface area contributed by atoms with Gasteiger partial charge in [0.1, 0.15) is 5.01 Å². The lowest BCUT2D eigenvalue weighted by Gasteiger charge is -2.05. The minimum absolute atomic E-state index is 0.121. The summed E-state index contributed by atoms with van der Waals surface area (Å²) in [6, 6.07) is 11.5. The van der Waals surface area contributed by atoms with Gasteiger partial charge in [-0.3, -0.25) is 24.3 Å². The van der Waals surface area contributed by atoms with Gasteiger partial charge in [0.15, 0.2) is 0 Å². The van der Waals surface area contributed by atoms with Crippen molar-refractivity contribution in [1.29, 1.82) is 0 Å². The highest BCUT2D eigenvalue weighted by molar-refractivity contribution is 7.09. The number of carbonyl (C=O) groups is 1. The van der Waals surface area contributed by atoms with Crippen LogP contribution in [0, 0.1) is 17.0 Å². The first-order valence-electron chi connectivity index (χ1n) is 9.32. The predicted molar refractivity (Wildman–Crippen MR) is 117 cm³/mol. The van der Waals surface area contributed by atoms with Gasteiger partial charge < -0.3 is 5.32 Å². The van der Waals surface area contributed by atoms with Gasteiger partial charge in [0.2, 0.25) is 5.91 Å². The summed E-state index contributed by atoms with van der Waals surface area (Å²) in [7, 11) is 0. The number of nitro groups is 1. The molecule has 0 atom stereocenters. The molecule has 156 valence electrons. The zero-order chi connectivity index (χ0) is 22.0. The molecule has 1 amide bonds. The van der Waals surface area contributed by atoms with Crippen LogP contribution >= 0.6 is 11.3 Å². The van der Waals surface area contributed by atoms with Crippen molar-refractivity contribution in [3.63, 3.8) is 0 Å². The Balaban J connectivity index is 1.48. The van der Waals surface area contributed by atoms with Crippen LogP contribution in [-0.4, -0.2) is 25.4 Å². The van der Waals surface area contributed by atoms with Gasteiger partial charge in [0, 0.05) is 23.2 Å². The number of hydrogen-bond acceptors (Lipinski definition) is 7. The molecule has 0 aliphatic rings. The fraction of sp³-hybridized carbons (Fsp3) is 0.143. The highest BCUT2D eigenvalue weighted by Crippen LogP contribution is 2.17. The second-order valence-electron chi connectivity index (χ2n) is 6.96. The molecule has 4 rings (SSSR count). The number of nitrogens with one attached hydrogen (secondary N) is 1. The SMILES string of the molecule is Cc1ccc(NC(=O)Cc2nc(Cn3cnc4ccc([N+](=O)[O-])cc4c3=O)cs2)cc1. The predicted octanol–water partition coefficient (Wildman–Crippen LogP) is 3.30. The number of fused-ring (bicyclic) bond motifs is 1. The van der Waals surface area contributed by atoms with Gasteiger partial charge >= 0.3 is 0 Å². The number of carbonyl (C=O) groups excluding carboxylic acids is 1. The molecule has 4 aromatic rings. The van der Waals surface area contributed by atoms with Gasteiger partial charge in [0.25, 0.3) is 11.2 Å². The Hall–Kier alpha value is -3.92. The second kappa shape index (κ2) is 8.44. The van der Waals surface area contributed by atoms with Crippen LogP contribution < -0.4 is 10.9 Å². The first kappa shape index (κ1) is 20.4. The van der Waals surface area contributed by atoms with E-state index in [2.05, 4.69) is 15.3 Å². The van der Waals surface area contributed by atoms with E-state index in [9.17, 15) is 19.7 Å². The fourth-order valence-corrected chi connectivity index (χ4v) is 3.81. The third-order valence-corrected chi connectivity index (χ3v) is 5.49. The molecule has 0 saturated heterocycles. The van der Waals surface area contributed by atoms with Crippen molar-refractivity contribution in [2.45, 2.75) is 19.9 Å². The lowest BCUT2D eigenvalue weighted by molar-refractivity contribution is -0.384. The number of anilines is 1. The molecule has 0 unspecified atom stereocenters. The Kier molecular flexibility index (Phi) is 5.54. The molecular formula is C21H17N5O4S. The van der Waals surface area contributed by atoms with Gasteiger partial charge in [-0.2, -0.15) is 0 Å². The first-order valence-corrected chi connectivity index (χ1v) is 10.2. The van der Waals surface area contributed by atoms with E-state index in [1.807, 2.05) is 31.2 Å². The third-order valence-electron chi connectivity index (χ3n) is 4.60. The normalized spacial score (nSPS) is 10.9. The number of benzene rings is 2. The van der Waals surface area contributed by atoms with Crippen molar-refractivity contribution in [2.75, 3.05) is 5.32 Å². The van der Waals surface area contributed by atoms with Crippen LogP contribution in [0.4, 0.5) is 11.4 Å². The molecule has 0 saturated carbocycles. The maximum atomic E-state index is 12.7. The number of aryl methyl sites for hydroxylation is 1. The molecule has 0 bridgehead atoms. The molecule has 31 heavy (non-hydrogen) atoms. The highest BCUT2D eigenvalue weighted by atomic mass is 32.1. The Bertz CT molecular complexity index is 1340. The zero-order valence-electron chi connectivity index (χ0n) is 16.4. The monoisotopic (exact) mass is 435 g/mol. The largest absolute Gasteiger partial charge is 0.326 e. The van der Waals surface area contributed by atoms with Crippen LogP contribution in [0.1, 0.15) is 16.3 Å². The molecule has 2 heterocycles. The van der Waals surface area contributed by atoms with Crippen LogP contribution in [0.3, 0.4) is 0 Å². The van der Waals surface area contributed by atoms with Gasteiger partial charge in [-0.05, 0) is 25.1 Å². The summed E-state index contributed by atoms with van der Waals surface area (Å²) in [6.45, 7) is 2.13. The van der Waals surface area contributed by atoms with Crippen LogP contribution in [-0.2, 0) is 17.8 Å². The van der Waals surface area contributed by atoms with E-state index in [0.717, 1.165) is 11.3 Å². The highest BCUT2D eigenvalue weighted by Gasteiger charge is 2.13. The van der Waals surface area contributed by atoms with Crippen LogP contribution in [0.25, 0.3) is 10.9 Å². The summed E-state index contributed by atoms with van der Waals surface area (Å²) in [5, 5.41) is 16.4. The van der Waals surface area contributed by atoms with E-state index in [1.165, 1.54) is 40.4 Å². The number of aromatic nitrogens is 3. The number of rotatable bonds is 6. The summed E-state index contributed by atoms with van der Waals surface area (Å²) in [5.74, 6) is -0.179. The summed E-state index contributed by atoms with van der Waals surface area (Å²) in [6.07, 6.45) is 1.51. The van der Waals surface area contributed by atoms with Crippen molar-refractivity contribution in [2.24, 2.45) is 0 Å². The minimum atomic E-state index is -0.551. The van der Waals surface area contributed by atoms with Gasteiger partial charge in [-0.25, -0.2) is 9.97 Å². The lowest BCUT2D eigenvalue weighted by atomic mass is 10.2. The van der Waals surface area contributed by atoms with Crippen LogP contribution in [0.5, 0.6) is 0 Å². The molecular weight excluding hydrogens is 418 g/mol. The van der Waals surface area contributed by atoms with E-state index >= 15 is 0 Å². The number of amides is 1. The first-order chi connectivity index (χ1) is 14.9. The van der Waals surface area contributed by atoms with Crippen molar-refractivity contribution < 1.29 is 9.72 Å². The van der Waals surface area contributed by atoms with E-state index in [0.29, 0.717) is 16.2 Å². The number of nitrogens with zero attached hydrogens (tertiary/aromatic N) is 4. The standard InChI is InChI=1S/C21H17N5O4S/c1-13-2-4-14(5-3-13)23-19(27)9-20-24-15(11-31-20)10-25-12-22-18-7-6-16(26(29)30)8-17(18)21(25)28/h2-8,11-12H,9-10H2,1H3,(H,23,27). The van der Waals surface area contributed by atoms with Gasteiger partial charge in [-0.15, -0.1) is 11.3 Å². The van der Waals surface area contributed by atoms with E-state index < -0.39 is 4.92 Å². The molecule has 0 fully saturated rings. The Labute approximate surface area is 180 Å². The molecule has 1 N–H and O–H groups in total. The Morgan fingerprint density at radius 3 is 2.74 bits per heavy atom. The van der Waals surface area contributed by atoms with Crippen LogP contribution in [0.2, 0.25) is 0 Å². The Morgan fingerprint density at radius 2 is 2.00 bits per heavy atom. The van der Waals surface area contributed by atoms with Crippen molar-refractivity contribution in [1.82, 2.24) is 14.5 Å². The molecule has 10 heteroatoms. The van der Waals surface area contributed by atoms with E-state index in [4.69, 9.17) is 0 Å².